The molecule has 1 aliphatic rings. The number of hydrazone groups is 1. The molecule has 0 unspecified atom stereocenters. The van der Waals surface area contributed by atoms with Crippen molar-refractivity contribution in [3.05, 3.63) is 65.7 Å². The maximum atomic E-state index is 12.6. The first kappa shape index (κ1) is 17.9. The Morgan fingerprint density at radius 2 is 1.73 bits per heavy atom. The summed E-state index contributed by atoms with van der Waals surface area (Å²) in [5.74, 6) is -0.463. The highest BCUT2D eigenvalue weighted by molar-refractivity contribution is 7.97. The van der Waals surface area contributed by atoms with Gasteiger partial charge in [-0.15, -0.1) is 0 Å². The number of thiol groups is 1. The van der Waals surface area contributed by atoms with Gasteiger partial charge in [-0.25, -0.2) is 10.3 Å². The summed E-state index contributed by atoms with van der Waals surface area (Å²) in [5, 5.41) is 3.40. The number of amides is 3. The quantitative estimate of drug-likeness (QED) is 0.816. The van der Waals surface area contributed by atoms with E-state index < -0.39 is 5.24 Å². The third-order valence-corrected chi connectivity index (χ3v) is 4.20. The zero-order valence-electron chi connectivity index (χ0n) is 13.9. The van der Waals surface area contributed by atoms with Crippen LogP contribution in [0.25, 0.3) is 0 Å². The van der Waals surface area contributed by atoms with E-state index in [1.54, 1.807) is 24.3 Å². The normalized spacial score (nSPS) is 13.6. The van der Waals surface area contributed by atoms with Gasteiger partial charge in [0.1, 0.15) is 0 Å². The Kier molecular flexibility index (Phi) is 5.48. The largest absolute Gasteiger partial charge is 0.289 e. The zero-order valence-corrected chi connectivity index (χ0v) is 14.8. The second-order valence-corrected chi connectivity index (χ2v) is 6.20. The fourth-order valence-electron chi connectivity index (χ4n) is 2.70. The molecule has 0 saturated heterocycles. The molecule has 0 atom stereocenters. The number of imide groups is 1. The number of rotatable bonds is 4. The number of nitrogens with one attached hydrogen (secondary N) is 1. The molecule has 1 aliphatic heterocycles. The fraction of sp³-hybridized carbons (Fsp3) is 0.158. The van der Waals surface area contributed by atoms with E-state index >= 15 is 0 Å². The molecule has 1 heterocycles. The average molecular weight is 367 g/mol. The lowest BCUT2D eigenvalue weighted by Crippen LogP contribution is -2.34. The van der Waals surface area contributed by atoms with Gasteiger partial charge >= 0.3 is 0 Å². The summed E-state index contributed by atoms with van der Waals surface area (Å²) in [7, 11) is 0. The minimum Gasteiger partial charge on any atom is -0.274 e. The number of nitrogens with zero attached hydrogens (tertiary/aromatic N) is 2. The minimum atomic E-state index is -0.638. The number of hydrogen-bond acceptors (Lipinski definition) is 4. The predicted octanol–water partition coefficient (Wildman–Crippen LogP) is 2.93. The predicted molar refractivity (Wildman–Crippen MR) is 102 cm³/mol. The fourth-order valence-corrected chi connectivity index (χ4v) is 2.92. The molecule has 7 heteroatoms. The minimum absolute atomic E-state index is 0.105. The highest BCUT2D eigenvalue weighted by atomic mass is 32.1. The zero-order chi connectivity index (χ0) is 18.5. The van der Waals surface area contributed by atoms with Crippen molar-refractivity contribution in [1.29, 1.82) is 0 Å². The Labute approximate surface area is 156 Å². The molecule has 1 N–H and O–H groups in total. The molecule has 0 saturated carbocycles. The Hall–Kier alpha value is -2.93. The van der Waals surface area contributed by atoms with Crippen LogP contribution in [0.1, 0.15) is 24.0 Å². The average Bonchev–Trinajstić information content (AvgIpc) is 2.64. The Balaban J connectivity index is 1.79. The second-order valence-electron chi connectivity index (χ2n) is 5.81. The molecule has 0 radical (unpaired) electrons. The van der Waals surface area contributed by atoms with Crippen LogP contribution >= 0.6 is 12.6 Å². The van der Waals surface area contributed by atoms with Gasteiger partial charge in [0.05, 0.1) is 17.8 Å². The first-order valence-corrected chi connectivity index (χ1v) is 8.55. The van der Waals surface area contributed by atoms with E-state index in [2.05, 4.69) is 23.2 Å². The van der Waals surface area contributed by atoms with Gasteiger partial charge in [-0.1, -0.05) is 55.1 Å². The van der Waals surface area contributed by atoms with Crippen LogP contribution in [-0.2, 0) is 16.0 Å². The molecule has 0 spiro atoms. The summed E-state index contributed by atoms with van der Waals surface area (Å²) in [4.78, 5) is 36.7. The molecule has 2 aromatic rings. The van der Waals surface area contributed by atoms with Crippen LogP contribution in [0.3, 0.4) is 0 Å². The van der Waals surface area contributed by atoms with E-state index in [9.17, 15) is 14.4 Å². The van der Waals surface area contributed by atoms with Crippen LogP contribution in [-0.4, -0.2) is 22.8 Å². The molecule has 132 valence electrons. The van der Waals surface area contributed by atoms with Crippen LogP contribution in [0.2, 0.25) is 0 Å². The second kappa shape index (κ2) is 7.97. The Morgan fingerprint density at radius 1 is 1.04 bits per heavy atom. The van der Waals surface area contributed by atoms with Gasteiger partial charge in [-0.05, 0) is 23.3 Å². The van der Waals surface area contributed by atoms with Crippen molar-refractivity contribution in [3.8, 4) is 0 Å². The van der Waals surface area contributed by atoms with Crippen molar-refractivity contribution in [1.82, 2.24) is 5.43 Å². The van der Waals surface area contributed by atoms with Gasteiger partial charge < -0.3 is 0 Å². The lowest BCUT2D eigenvalue weighted by atomic mass is 10.0. The lowest BCUT2D eigenvalue weighted by molar-refractivity contribution is -0.121. The highest BCUT2D eigenvalue weighted by Gasteiger charge is 2.21. The highest BCUT2D eigenvalue weighted by Crippen LogP contribution is 2.20. The monoisotopic (exact) mass is 367 g/mol. The number of hydrogen-bond donors (Lipinski definition) is 2. The summed E-state index contributed by atoms with van der Waals surface area (Å²) < 4.78 is 0. The van der Waals surface area contributed by atoms with Gasteiger partial charge in [0.2, 0.25) is 11.8 Å². The van der Waals surface area contributed by atoms with E-state index in [4.69, 9.17) is 0 Å². The smallest absolute Gasteiger partial charge is 0.274 e. The summed E-state index contributed by atoms with van der Waals surface area (Å²) in [6, 6.07) is 16.1. The number of anilines is 1. The van der Waals surface area contributed by atoms with Gasteiger partial charge in [-0.2, -0.15) is 5.10 Å². The van der Waals surface area contributed by atoms with Crippen molar-refractivity contribution in [2.45, 2.75) is 19.3 Å². The van der Waals surface area contributed by atoms with Gasteiger partial charge in [-0.3, -0.25) is 14.4 Å². The van der Waals surface area contributed by atoms with Crippen molar-refractivity contribution in [2.24, 2.45) is 5.10 Å². The van der Waals surface area contributed by atoms with Crippen molar-refractivity contribution >= 4 is 41.1 Å². The summed E-state index contributed by atoms with van der Waals surface area (Å²) in [6.07, 6.45) is 1.04. The molecule has 3 amide bonds. The SMILES string of the molecule is O=C1CCC(c2ccc(N(C(=O)S)C(=O)Cc3ccccc3)cc2)=NN1. The topological polar surface area (TPSA) is 78.8 Å². The van der Waals surface area contributed by atoms with Crippen LogP contribution in [0.15, 0.2) is 59.7 Å². The van der Waals surface area contributed by atoms with Crippen LogP contribution in [0.4, 0.5) is 10.5 Å². The van der Waals surface area contributed by atoms with E-state index in [-0.39, 0.29) is 18.2 Å². The number of benzene rings is 2. The lowest BCUT2D eigenvalue weighted by Gasteiger charge is -2.19. The van der Waals surface area contributed by atoms with Crippen LogP contribution in [0.5, 0.6) is 0 Å². The maximum absolute atomic E-state index is 12.6. The van der Waals surface area contributed by atoms with Gasteiger partial charge in [0.25, 0.3) is 5.24 Å². The Morgan fingerprint density at radius 3 is 2.31 bits per heavy atom. The molecule has 0 fully saturated rings. The van der Waals surface area contributed by atoms with E-state index in [0.29, 0.717) is 18.5 Å². The molecule has 3 rings (SSSR count). The molecule has 2 aromatic carbocycles. The molecule has 26 heavy (non-hydrogen) atoms. The van der Waals surface area contributed by atoms with E-state index in [0.717, 1.165) is 21.7 Å². The van der Waals surface area contributed by atoms with Gasteiger partial charge in [0, 0.05) is 12.8 Å². The molecule has 0 bridgehead atoms. The van der Waals surface area contributed by atoms with Crippen molar-refractivity contribution in [3.63, 3.8) is 0 Å². The number of carbonyl (C=O) groups is 3. The standard InChI is InChI=1S/C19H17N3O3S/c23-17-11-10-16(20-21-17)14-6-8-15(9-7-14)22(19(25)26)18(24)12-13-4-2-1-3-5-13/h1-9H,10-12H2,(H,21,23)(H,25,26). The summed E-state index contributed by atoms with van der Waals surface area (Å²) in [5.41, 5.74) is 5.30. The van der Waals surface area contributed by atoms with Gasteiger partial charge in [0.15, 0.2) is 0 Å². The molecular formula is C19H17N3O3S. The molecular weight excluding hydrogens is 350 g/mol. The third-order valence-electron chi connectivity index (χ3n) is 4.00. The van der Waals surface area contributed by atoms with Crippen molar-refractivity contribution in [2.75, 3.05) is 4.90 Å². The number of carbonyl (C=O) groups excluding carboxylic acids is 3. The molecule has 0 aliphatic carbocycles. The van der Waals surface area contributed by atoms with Crippen LogP contribution < -0.4 is 10.3 Å². The van der Waals surface area contributed by atoms with E-state index in [1.165, 1.54) is 0 Å². The molecule has 6 nitrogen and oxygen atoms in total. The van der Waals surface area contributed by atoms with Crippen LogP contribution in [0, 0.1) is 0 Å². The molecule has 0 aromatic heterocycles. The third kappa shape index (κ3) is 4.18. The summed E-state index contributed by atoms with van der Waals surface area (Å²) >= 11 is 3.84. The summed E-state index contributed by atoms with van der Waals surface area (Å²) in [6.45, 7) is 0. The first-order valence-electron chi connectivity index (χ1n) is 8.10. The Bertz CT molecular complexity index is 863. The first-order chi connectivity index (χ1) is 12.5. The maximum Gasteiger partial charge on any atom is 0.289 e. The van der Waals surface area contributed by atoms with Crippen molar-refractivity contribution < 1.29 is 14.4 Å². The van der Waals surface area contributed by atoms with E-state index in [1.807, 2.05) is 30.3 Å².